The average Bonchev–Trinajstić information content (AvgIpc) is 2.69. The van der Waals surface area contributed by atoms with Crippen molar-refractivity contribution < 1.29 is 9.53 Å². The van der Waals surface area contributed by atoms with Crippen molar-refractivity contribution in [2.24, 2.45) is 0 Å². The van der Waals surface area contributed by atoms with E-state index in [9.17, 15) is 4.79 Å². The van der Waals surface area contributed by atoms with Crippen molar-refractivity contribution in [1.29, 1.82) is 0 Å². The standard InChI is InChI=1S/C23H26N2O2/c1-15-18-10-6-8-12-21(18)24-16(2)20(15)14-23(26)25(4)17(3)19-11-7-9-13-22(19)27-5/h6-13,17H,14H2,1-5H3/t17-/m0/s1. The fraction of sp³-hybridized carbons (Fsp3) is 0.304. The number of carbonyl (C=O) groups excluding carboxylic acids is 1. The fourth-order valence-corrected chi connectivity index (χ4v) is 3.54. The number of methoxy groups -OCH3 is 1. The van der Waals surface area contributed by atoms with Crippen LogP contribution in [0.5, 0.6) is 5.75 Å². The van der Waals surface area contributed by atoms with Crippen molar-refractivity contribution in [3.63, 3.8) is 0 Å². The van der Waals surface area contributed by atoms with Crippen LogP contribution in [0.2, 0.25) is 0 Å². The molecule has 4 heteroatoms. The number of hydrogen-bond acceptors (Lipinski definition) is 3. The number of amides is 1. The number of likely N-dealkylation sites (N-methyl/N-ethyl adjacent to an activating group) is 1. The highest BCUT2D eigenvalue weighted by Gasteiger charge is 2.22. The maximum absolute atomic E-state index is 13.0. The van der Waals surface area contributed by atoms with Gasteiger partial charge in [-0.15, -0.1) is 0 Å². The average molecular weight is 362 g/mol. The quantitative estimate of drug-likeness (QED) is 0.665. The van der Waals surface area contributed by atoms with E-state index in [0.29, 0.717) is 6.42 Å². The van der Waals surface area contributed by atoms with Gasteiger partial charge >= 0.3 is 0 Å². The molecule has 3 aromatic rings. The minimum Gasteiger partial charge on any atom is -0.496 e. The minimum absolute atomic E-state index is 0.0664. The van der Waals surface area contributed by atoms with Crippen LogP contribution in [0.3, 0.4) is 0 Å². The van der Waals surface area contributed by atoms with Crippen LogP contribution < -0.4 is 4.74 Å². The highest BCUT2D eigenvalue weighted by molar-refractivity contribution is 5.86. The van der Waals surface area contributed by atoms with Gasteiger partial charge in [-0.05, 0) is 44.0 Å². The third-order valence-electron chi connectivity index (χ3n) is 5.38. The Bertz CT molecular complexity index is 981. The summed E-state index contributed by atoms with van der Waals surface area (Å²) in [5.74, 6) is 0.862. The monoisotopic (exact) mass is 362 g/mol. The summed E-state index contributed by atoms with van der Waals surface area (Å²) < 4.78 is 5.45. The zero-order chi connectivity index (χ0) is 19.6. The number of fused-ring (bicyclic) bond motifs is 1. The van der Waals surface area contributed by atoms with Gasteiger partial charge in [-0.2, -0.15) is 0 Å². The van der Waals surface area contributed by atoms with E-state index in [1.165, 1.54) is 0 Å². The maximum Gasteiger partial charge on any atom is 0.227 e. The van der Waals surface area contributed by atoms with Gasteiger partial charge in [-0.1, -0.05) is 36.4 Å². The van der Waals surface area contributed by atoms with E-state index >= 15 is 0 Å². The van der Waals surface area contributed by atoms with Crippen molar-refractivity contribution in [3.05, 3.63) is 70.9 Å². The Balaban J connectivity index is 1.88. The molecule has 0 aliphatic heterocycles. The van der Waals surface area contributed by atoms with E-state index < -0.39 is 0 Å². The molecule has 0 bridgehead atoms. The Morgan fingerprint density at radius 3 is 2.52 bits per heavy atom. The Hall–Kier alpha value is -2.88. The summed E-state index contributed by atoms with van der Waals surface area (Å²) in [7, 11) is 3.50. The second-order valence-electron chi connectivity index (χ2n) is 6.92. The lowest BCUT2D eigenvalue weighted by atomic mass is 9.98. The van der Waals surface area contributed by atoms with Gasteiger partial charge < -0.3 is 9.64 Å². The number of nitrogens with zero attached hydrogens (tertiary/aromatic N) is 2. The van der Waals surface area contributed by atoms with Crippen molar-refractivity contribution >= 4 is 16.8 Å². The number of aromatic nitrogens is 1. The van der Waals surface area contributed by atoms with Crippen LogP contribution in [0.15, 0.2) is 48.5 Å². The van der Waals surface area contributed by atoms with Crippen LogP contribution in [0.25, 0.3) is 10.9 Å². The highest BCUT2D eigenvalue weighted by Crippen LogP contribution is 2.29. The molecule has 1 aromatic heterocycles. The van der Waals surface area contributed by atoms with Crippen LogP contribution in [-0.4, -0.2) is 29.9 Å². The third kappa shape index (κ3) is 3.65. The molecule has 0 aliphatic rings. The van der Waals surface area contributed by atoms with Crippen molar-refractivity contribution in [2.75, 3.05) is 14.2 Å². The topological polar surface area (TPSA) is 42.4 Å². The van der Waals surface area contributed by atoms with E-state index in [1.54, 1.807) is 12.0 Å². The molecule has 1 atom stereocenters. The molecule has 0 saturated heterocycles. The molecular formula is C23H26N2O2. The highest BCUT2D eigenvalue weighted by atomic mass is 16.5. The zero-order valence-corrected chi connectivity index (χ0v) is 16.6. The number of aryl methyl sites for hydroxylation is 2. The van der Waals surface area contributed by atoms with Gasteiger partial charge in [0.05, 0.1) is 25.1 Å². The minimum atomic E-state index is -0.0809. The fourth-order valence-electron chi connectivity index (χ4n) is 3.54. The Kier molecular flexibility index (Phi) is 5.45. The number of ether oxygens (including phenoxy) is 1. The largest absolute Gasteiger partial charge is 0.496 e. The number of rotatable bonds is 5. The number of hydrogen-bond donors (Lipinski definition) is 0. The summed E-state index contributed by atoms with van der Waals surface area (Å²) in [5, 5.41) is 1.10. The molecule has 0 fully saturated rings. The van der Waals surface area contributed by atoms with Crippen molar-refractivity contribution in [3.8, 4) is 5.75 Å². The molecule has 2 aromatic carbocycles. The van der Waals surface area contributed by atoms with Crippen LogP contribution in [-0.2, 0) is 11.2 Å². The van der Waals surface area contributed by atoms with Crippen LogP contribution >= 0.6 is 0 Å². The van der Waals surface area contributed by atoms with E-state index in [-0.39, 0.29) is 11.9 Å². The first-order valence-corrected chi connectivity index (χ1v) is 9.17. The Labute approximate surface area is 160 Å². The van der Waals surface area contributed by atoms with Gasteiger partial charge in [0.2, 0.25) is 5.91 Å². The summed E-state index contributed by atoms with van der Waals surface area (Å²) >= 11 is 0. The zero-order valence-electron chi connectivity index (χ0n) is 16.6. The molecule has 27 heavy (non-hydrogen) atoms. The molecule has 0 unspecified atom stereocenters. The number of carbonyl (C=O) groups is 1. The predicted octanol–water partition coefficient (Wildman–Crippen LogP) is 4.62. The SMILES string of the molecule is COc1ccccc1[C@H](C)N(C)C(=O)Cc1c(C)nc2ccccc2c1C. The molecule has 0 N–H and O–H groups in total. The van der Waals surface area contributed by atoms with E-state index in [1.807, 2.05) is 63.4 Å². The lowest BCUT2D eigenvalue weighted by Gasteiger charge is -2.27. The van der Waals surface area contributed by atoms with E-state index in [2.05, 4.69) is 18.0 Å². The second-order valence-corrected chi connectivity index (χ2v) is 6.92. The van der Waals surface area contributed by atoms with Gasteiger partial charge in [-0.25, -0.2) is 0 Å². The van der Waals surface area contributed by atoms with E-state index in [0.717, 1.165) is 39.0 Å². The van der Waals surface area contributed by atoms with Gasteiger partial charge in [-0.3, -0.25) is 9.78 Å². The summed E-state index contributed by atoms with van der Waals surface area (Å²) in [6.07, 6.45) is 0.339. The maximum atomic E-state index is 13.0. The van der Waals surface area contributed by atoms with Gasteiger partial charge in [0, 0.05) is 23.7 Å². The first kappa shape index (κ1) is 18.9. The Morgan fingerprint density at radius 2 is 1.78 bits per heavy atom. The number of pyridine rings is 1. The van der Waals surface area contributed by atoms with Crippen LogP contribution in [0.4, 0.5) is 0 Å². The molecule has 1 amide bonds. The van der Waals surface area contributed by atoms with Crippen molar-refractivity contribution in [1.82, 2.24) is 9.88 Å². The first-order chi connectivity index (χ1) is 12.9. The summed E-state index contributed by atoms with van der Waals surface area (Å²) in [5.41, 5.74) is 5.03. The molecule has 1 heterocycles. The van der Waals surface area contributed by atoms with Gasteiger partial charge in [0.25, 0.3) is 0 Å². The molecule has 0 radical (unpaired) electrons. The normalized spacial score (nSPS) is 12.0. The van der Waals surface area contributed by atoms with Crippen LogP contribution in [0.1, 0.15) is 35.3 Å². The predicted molar refractivity (Wildman–Crippen MR) is 109 cm³/mol. The summed E-state index contributed by atoms with van der Waals surface area (Å²) in [4.78, 5) is 19.5. The molecule has 3 rings (SSSR count). The second kappa shape index (κ2) is 7.78. The molecule has 0 aliphatic carbocycles. The van der Waals surface area contributed by atoms with Crippen molar-refractivity contribution in [2.45, 2.75) is 33.2 Å². The summed E-state index contributed by atoms with van der Waals surface area (Å²) in [6, 6.07) is 15.8. The smallest absolute Gasteiger partial charge is 0.227 e. The summed E-state index contributed by atoms with van der Waals surface area (Å²) in [6.45, 7) is 6.07. The van der Waals surface area contributed by atoms with Gasteiger partial charge in [0.1, 0.15) is 5.75 Å². The first-order valence-electron chi connectivity index (χ1n) is 9.17. The Morgan fingerprint density at radius 1 is 1.11 bits per heavy atom. The number of para-hydroxylation sites is 2. The molecular weight excluding hydrogens is 336 g/mol. The molecule has 4 nitrogen and oxygen atoms in total. The third-order valence-corrected chi connectivity index (χ3v) is 5.38. The lowest BCUT2D eigenvalue weighted by Crippen LogP contribution is -2.31. The van der Waals surface area contributed by atoms with Crippen LogP contribution in [0, 0.1) is 13.8 Å². The molecule has 0 spiro atoms. The molecule has 140 valence electrons. The van der Waals surface area contributed by atoms with Gasteiger partial charge in [0.15, 0.2) is 0 Å². The number of benzene rings is 2. The lowest BCUT2D eigenvalue weighted by molar-refractivity contribution is -0.131. The van der Waals surface area contributed by atoms with E-state index in [4.69, 9.17) is 4.74 Å². The molecule has 0 saturated carbocycles.